The van der Waals surface area contributed by atoms with E-state index < -0.39 is 11.8 Å². The molecule has 0 aromatic carbocycles. The zero-order valence-corrected chi connectivity index (χ0v) is 13.0. The van der Waals surface area contributed by atoms with E-state index >= 15 is 0 Å². The van der Waals surface area contributed by atoms with Crippen LogP contribution in [0.3, 0.4) is 0 Å². The summed E-state index contributed by atoms with van der Waals surface area (Å²) in [6, 6.07) is 3.31. The summed E-state index contributed by atoms with van der Waals surface area (Å²) in [5.41, 5.74) is -0.193. The Morgan fingerprint density at radius 2 is 2.09 bits per heavy atom. The van der Waals surface area contributed by atoms with E-state index in [0.29, 0.717) is 12.1 Å². The molecule has 0 aliphatic carbocycles. The van der Waals surface area contributed by atoms with Gasteiger partial charge in [-0.05, 0) is 26.8 Å². The molecule has 0 unspecified atom stereocenters. The lowest BCUT2D eigenvalue weighted by molar-refractivity contribution is -0.728. The van der Waals surface area contributed by atoms with Crippen LogP contribution in [0, 0.1) is 0 Å². The number of nitrogens with two attached hydrogens (primary N) is 1. The van der Waals surface area contributed by atoms with Crippen LogP contribution in [-0.4, -0.2) is 30.8 Å². The second kappa shape index (κ2) is 8.30. The second-order valence-corrected chi connectivity index (χ2v) is 5.47. The summed E-state index contributed by atoms with van der Waals surface area (Å²) >= 11 is 0. The van der Waals surface area contributed by atoms with Crippen molar-refractivity contribution in [2.24, 2.45) is 5.90 Å². The van der Waals surface area contributed by atoms with Crippen molar-refractivity contribution in [3.8, 4) is 0 Å². The predicted octanol–water partition coefficient (Wildman–Crippen LogP) is 0.503. The number of pyridine rings is 1. The summed E-state index contributed by atoms with van der Waals surface area (Å²) in [5.74, 6) is 4.60. The van der Waals surface area contributed by atoms with E-state index in [2.05, 4.69) is 10.2 Å². The molecule has 0 atom stereocenters. The Balaban J connectivity index is 2.53. The van der Waals surface area contributed by atoms with Crippen LogP contribution in [0.25, 0.3) is 0 Å². The van der Waals surface area contributed by atoms with E-state index in [9.17, 15) is 9.59 Å². The Bertz CT molecular complexity index is 513. The molecule has 0 saturated carbocycles. The van der Waals surface area contributed by atoms with Gasteiger partial charge in [0.1, 0.15) is 11.2 Å². The largest absolute Gasteiger partial charge is 0.513 e. The van der Waals surface area contributed by atoms with Crippen molar-refractivity contribution in [1.29, 1.82) is 0 Å². The summed E-state index contributed by atoms with van der Waals surface area (Å²) in [5, 5.41) is 2.63. The van der Waals surface area contributed by atoms with Gasteiger partial charge in [-0.15, -0.1) is 0 Å². The molecule has 0 fully saturated rings. The fourth-order valence-corrected chi connectivity index (χ4v) is 1.47. The summed E-state index contributed by atoms with van der Waals surface area (Å²) in [6.07, 6.45) is 2.46. The first kappa shape index (κ1) is 17.9. The van der Waals surface area contributed by atoms with Crippen molar-refractivity contribution in [1.82, 2.24) is 5.32 Å². The fourth-order valence-electron chi connectivity index (χ4n) is 1.47. The van der Waals surface area contributed by atoms with E-state index in [-0.39, 0.29) is 19.2 Å². The Kier molecular flexibility index (Phi) is 6.74. The second-order valence-electron chi connectivity index (χ2n) is 5.47. The molecular formula is C14H22N3O5+. The summed E-state index contributed by atoms with van der Waals surface area (Å²) in [6.45, 7) is 5.72. The normalized spacial score (nSPS) is 10.9. The van der Waals surface area contributed by atoms with Crippen LogP contribution in [-0.2, 0) is 21.0 Å². The molecule has 0 aliphatic heterocycles. The average molecular weight is 312 g/mol. The third kappa shape index (κ3) is 7.00. The van der Waals surface area contributed by atoms with Crippen LogP contribution in [0.1, 0.15) is 31.1 Å². The first-order chi connectivity index (χ1) is 10.3. The van der Waals surface area contributed by atoms with Crippen LogP contribution in [0.4, 0.5) is 4.79 Å². The van der Waals surface area contributed by atoms with Gasteiger partial charge in [-0.2, -0.15) is 4.57 Å². The van der Waals surface area contributed by atoms with E-state index in [0.717, 1.165) is 0 Å². The molecule has 0 aliphatic rings. The maximum atomic E-state index is 11.8. The van der Waals surface area contributed by atoms with Crippen molar-refractivity contribution in [3.63, 3.8) is 0 Å². The maximum Gasteiger partial charge on any atom is 0.513 e. The number of hydrogen-bond acceptors (Lipinski definition) is 6. The van der Waals surface area contributed by atoms with Gasteiger partial charge in [0.2, 0.25) is 0 Å². The molecule has 1 rings (SSSR count). The molecule has 22 heavy (non-hydrogen) atoms. The summed E-state index contributed by atoms with van der Waals surface area (Å²) in [7, 11) is 0. The van der Waals surface area contributed by atoms with Crippen molar-refractivity contribution < 1.29 is 28.5 Å². The molecule has 0 saturated heterocycles. The highest BCUT2D eigenvalue weighted by molar-refractivity contribution is 5.93. The Morgan fingerprint density at radius 3 is 2.73 bits per heavy atom. The zero-order valence-electron chi connectivity index (χ0n) is 13.0. The molecule has 1 aromatic heterocycles. The number of carbonyl (C=O) groups is 2. The molecule has 3 N–H and O–H groups in total. The molecular weight excluding hydrogens is 290 g/mol. The summed E-state index contributed by atoms with van der Waals surface area (Å²) in [4.78, 5) is 27.7. The highest BCUT2D eigenvalue weighted by Gasteiger charge is 2.19. The van der Waals surface area contributed by atoms with Crippen molar-refractivity contribution in [2.45, 2.75) is 33.1 Å². The summed E-state index contributed by atoms with van der Waals surface area (Å²) < 4.78 is 11.5. The van der Waals surface area contributed by atoms with E-state index in [1.54, 1.807) is 49.9 Å². The number of carbonyl (C=O) groups excluding carboxylic acids is 2. The number of rotatable bonds is 6. The SMILES string of the molecule is CC(C)(C)OC(=O)OC[n+]1cccc(C(=O)NCCON)c1. The van der Waals surface area contributed by atoms with Gasteiger partial charge >= 0.3 is 6.16 Å². The van der Waals surface area contributed by atoms with Gasteiger partial charge in [0.25, 0.3) is 12.6 Å². The standard InChI is InChI=1S/C14H21N3O5/c1-14(2,3)22-13(19)20-10-17-7-4-5-11(9-17)12(18)16-6-8-21-15/h4-5,7,9H,6,8,10,15H2,1-3H3/p+1. The number of hydrogen-bond donors (Lipinski definition) is 2. The molecule has 8 heteroatoms. The van der Waals surface area contributed by atoms with Crippen LogP contribution in [0.15, 0.2) is 24.5 Å². The van der Waals surface area contributed by atoms with Gasteiger partial charge in [0, 0.05) is 12.6 Å². The van der Waals surface area contributed by atoms with Gasteiger partial charge in [0.05, 0.1) is 6.61 Å². The van der Waals surface area contributed by atoms with Crippen molar-refractivity contribution >= 4 is 12.1 Å². The van der Waals surface area contributed by atoms with Crippen molar-refractivity contribution in [3.05, 3.63) is 30.1 Å². The van der Waals surface area contributed by atoms with Gasteiger partial charge < -0.3 is 19.6 Å². The molecule has 0 radical (unpaired) electrons. The number of aromatic nitrogens is 1. The van der Waals surface area contributed by atoms with Crippen molar-refractivity contribution in [2.75, 3.05) is 13.2 Å². The zero-order chi connectivity index (χ0) is 16.6. The van der Waals surface area contributed by atoms with E-state index in [1.165, 1.54) is 0 Å². The maximum absolute atomic E-state index is 11.8. The minimum absolute atomic E-state index is 0.0536. The number of amides is 1. The lowest BCUT2D eigenvalue weighted by atomic mass is 10.2. The molecule has 8 nitrogen and oxygen atoms in total. The highest BCUT2D eigenvalue weighted by atomic mass is 16.7. The fraction of sp³-hybridized carbons (Fsp3) is 0.500. The van der Waals surface area contributed by atoms with Gasteiger partial charge in [0.15, 0.2) is 12.4 Å². The van der Waals surface area contributed by atoms with E-state index in [4.69, 9.17) is 15.4 Å². The Hall–Kier alpha value is -2.19. The number of ether oxygens (including phenoxy) is 2. The third-order valence-electron chi connectivity index (χ3n) is 2.35. The quantitative estimate of drug-likeness (QED) is 0.343. The monoisotopic (exact) mass is 312 g/mol. The van der Waals surface area contributed by atoms with Crippen LogP contribution in [0.5, 0.6) is 0 Å². The number of nitrogens with one attached hydrogen (secondary N) is 1. The Labute approximate surface area is 129 Å². The molecule has 1 aromatic rings. The topological polar surface area (TPSA) is 104 Å². The van der Waals surface area contributed by atoms with Crippen LogP contribution >= 0.6 is 0 Å². The smallest absolute Gasteiger partial charge is 0.428 e. The van der Waals surface area contributed by atoms with Gasteiger partial charge in [-0.25, -0.2) is 10.7 Å². The molecule has 1 amide bonds. The first-order valence-electron chi connectivity index (χ1n) is 6.76. The van der Waals surface area contributed by atoms with Crippen LogP contribution in [0.2, 0.25) is 0 Å². The van der Waals surface area contributed by atoms with Crippen LogP contribution < -0.4 is 15.8 Å². The Morgan fingerprint density at radius 1 is 1.36 bits per heavy atom. The number of nitrogens with zero attached hydrogens (tertiary/aromatic N) is 1. The average Bonchev–Trinajstić information content (AvgIpc) is 2.44. The van der Waals surface area contributed by atoms with E-state index in [1.807, 2.05) is 0 Å². The van der Waals surface area contributed by atoms with Gasteiger partial charge in [-0.1, -0.05) is 0 Å². The minimum atomic E-state index is -0.769. The first-order valence-corrected chi connectivity index (χ1v) is 6.76. The molecule has 1 heterocycles. The molecule has 0 spiro atoms. The highest BCUT2D eigenvalue weighted by Crippen LogP contribution is 2.07. The molecule has 122 valence electrons. The third-order valence-corrected chi connectivity index (χ3v) is 2.35. The molecule has 0 bridgehead atoms. The lowest BCUT2D eigenvalue weighted by Gasteiger charge is -2.17. The van der Waals surface area contributed by atoms with Gasteiger partial charge in [-0.3, -0.25) is 4.79 Å². The predicted molar refractivity (Wildman–Crippen MR) is 76.4 cm³/mol. The lowest BCUT2D eigenvalue weighted by Crippen LogP contribution is -2.38. The minimum Gasteiger partial charge on any atom is -0.428 e.